The number of halogens is 1. The number of carbonyl (C=O) groups is 2. The van der Waals surface area contributed by atoms with Crippen LogP contribution in [0.2, 0.25) is 0 Å². The van der Waals surface area contributed by atoms with E-state index in [4.69, 9.17) is 5.26 Å². The van der Waals surface area contributed by atoms with Crippen LogP contribution in [0.5, 0.6) is 0 Å². The summed E-state index contributed by atoms with van der Waals surface area (Å²) in [5, 5.41) is 13.9. The molecule has 0 saturated heterocycles. The fourth-order valence-corrected chi connectivity index (χ4v) is 2.47. The lowest BCUT2D eigenvalue weighted by molar-refractivity contribution is -0.114. The summed E-state index contributed by atoms with van der Waals surface area (Å²) in [6.07, 6.45) is 0. The van der Waals surface area contributed by atoms with Gasteiger partial charge in [-0.05, 0) is 30.3 Å². The molecule has 2 aromatic rings. The van der Waals surface area contributed by atoms with E-state index in [1.165, 1.54) is 18.2 Å². The van der Waals surface area contributed by atoms with Crippen molar-refractivity contribution < 1.29 is 14.0 Å². The summed E-state index contributed by atoms with van der Waals surface area (Å²) in [6, 6.07) is 14.4. The minimum absolute atomic E-state index is 0.0278. The number of anilines is 2. The molecular formula is C17H14FN3O2S. The van der Waals surface area contributed by atoms with Gasteiger partial charge in [-0.3, -0.25) is 9.59 Å². The first-order chi connectivity index (χ1) is 11.6. The van der Waals surface area contributed by atoms with Crippen molar-refractivity contribution >= 4 is 35.0 Å². The Kier molecular flexibility index (Phi) is 6.34. The van der Waals surface area contributed by atoms with Crippen molar-refractivity contribution in [3.8, 4) is 6.07 Å². The Hall–Kier alpha value is -2.85. The predicted molar refractivity (Wildman–Crippen MR) is 92.1 cm³/mol. The van der Waals surface area contributed by atoms with Crippen molar-refractivity contribution in [3.63, 3.8) is 0 Å². The third-order valence-corrected chi connectivity index (χ3v) is 3.82. The van der Waals surface area contributed by atoms with Crippen LogP contribution in [0.3, 0.4) is 0 Å². The van der Waals surface area contributed by atoms with Gasteiger partial charge in [0.25, 0.3) is 0 Å². The molecule has 0 aromatic heterocycles. The minimum atomic E-state index is -0.508. The number of carbonyl (C=O) groups excluding carboxylic acids is 2. The third kappa shape index (κ3) is 5.41. The zero-order chi connectivity index (χ0) is 17.4. The van der Waals surface area contributed by atoms with Crippen LogP contribution in [0, 0.1) is 17.1 Å². The van der Waals surface area contributed by atoms with Gasteiger partial charge in [-0.25, -0.2) is 4.39 Å². The molecule has 0 aliphatic carbocycles. The van der Waals surface area contributed by atoms with Gasteiger partial charge in [-0.15, -0.1) is 11.8 Å². The largest absolute Gasteiger partial charge is 0.325 e. The molecular weight excluding hydrogens is 329 g/mol. The smallest absolute Gasteiger partial charge is 0.234 e. The second-order valence-electron chi connectivity index (χ2n) is 4.76. The van der Waals surface area contributed by atoms with Gasteiger partial charge in [0.05, 0.1) is 28.8 Å². The number of thioether (sulfide) groups is 1. The van der Waals surface area contributed by atoms with Crippen molar-refractivity contribution in [2.24, 2.45) is 0 Å². The normalized spacial score (nSPS) is 9.83. The number of rotatable bonds is 6. The molecule has 0 bridgehead atoms. The molecule has 2 rings (SSSR count). The summed E-state index contributed by atoms with van der Waals surface area (Å²) in [5.41, 5.74) is 1.08. The summed E-state index contributed by atoms with van der Waals surface area (Å²) in [6.45, 7) is 0. The second kappa shape index (κ2) is 8.70. The van der Waals surface area contributed by atoms with Crippen LogP contribution in [0.15, 0.2) is 48.5 Å². The highest BCUT2D eigenvalue weighted by Crippen LogP contribution is 2.14. The number of amides is 2. The molecule has 0 fully saturated rings. The van der Waals surface area contributed by atoms with Crippen molar-refractivity contribution in [1.29, 1.82) is 5.26 Å². The van der Waals surface area contributed by atoms with Crippen LogP contribution in [0.1, 0.15) is 5.56 Å². The first-order valence-corrected chi connectivity index (χ1v) is 8.16. The molecule has 2 aromatic carbocycles. The van der Waals surface area contributed by atoms with Gasteiger partial charge in [0.15, 0.2) is 0 Å². The van der Waals surface area contributed by atoms with E-state index >= 15 is 0 Å². The fourth-order valence-electron chi connectivity index (χ4n) is 1.85. The van der Waals surface area contributed by atoms with Crippen LogP contribution >= 0.6 is 11.8 Å². The van der Waals surface area contributed by atoms with Crippen LogP contribution < -0.4 is 10.6 Å². The molecule has 5 nitrogen and oxygen atoms in total. The van der Waals surface area contributed by atoms with E-state index in [2.05, 4.69) is 10.6 Å². The maximum absolute atomic E-state index is 13.4. The highest BCUT2D eigenvalue weighted by molar-refractivity contribution is 8.00. The topological polar surface area (TPSA) is 82.0 Å². The van der Waals surface area contributed by atoms with E-state index in [1.54, 1.807) is 30.3 Å². The molecule has 0 atom stereocenters. The van der Waals surface area contributed by atoms with Crippen molar-refractivity contribution in [2.75, 3.05) is 22.1 Å². The Balaban J connectivity index is 1.75. The summed E-state index contributed by atoms with van der Waals surface area (Å²) in [4.78, 5) is 23.5. The zero-order valence-electron chi connectivity index (χ0n) is 12.6. The summed E-state index contributed by atoms with van der Waals surface area (Å²) in [7, 11) is 0. The Labute approximate surface area is 142 Å². The van der Waals surface area contributed by atoms with Crippen LogP contribution in [-0.4, -0.2) is 23.3 Å². The zero-order valence-corrected chi connectivity index (χ0v) is 13.4. The maximum Gasteiger partial charge on any atom is 0.234 e. The van der Waals surface area contributed by atoms with Gasteiger partial charge in [-0.1, -0.05) is 18.2 Å². The van der Waals surface area contributed by atoms with E-state index in [0.717, 1.165) is 11.8 Å². The van der Waals surface area contributed by atoms with E-state index in [1.807, 2.05) is 6.07 Å². The Morgan fingerprint density at radius 1 is 1.04 bits per heavy atom. The molecule has 0 heterocycles. The molecule has 0 aliphatic rings. The highest BCUT2D eigenvalue weighted by atomic mass is 32.2. The number of nitriles is 1. The Bertz CT molecular complexity index is 789. The van der Waals surface area contributed by atoms with Gasteiger partial charge in [-0.2, -0.15) is 5.26 Å². The van der Waals surface area contributed by atoms with Crippen molar-refractivity contribution in [3.05, 3.63) is 59.9 Å². The molecule has 0 saturated carbocycles. The Morgan fingerprint density at radius 3 is 2.46 bits per heavy atom. The lowest BCUT2D eigenvalue weighted by Crippen LogP contribution is -2.18. The van der Waals surface area contributed by atoms with Gasteiger partial charge in [0.1, 0.15) is 5.82 Å². The first kappa shape index (κ1) is 17.5. The van der Waals surface area contributed by atoms with E-state index in [9.17, 15) is 14.0 Å². The lowest BCUT2D eigenvalue weighted by Gasteiger charge is -2.07. The SMILES string of the molecule is N#Cc1cccc(NC(=O)CSCC(=O)Nc2ccccc2F)c1. The molecule has 0 spiro atoms. The van der Waals surface area contributed by atoms with Crippen LogP contribution in [0.25, 0.3) is 0 Å². The minimum Gasteiger partial charge on any atom is -0.325 e. The highest BCUT2D eigenvalue weighted by Gasteiger charge is 2.08. The average molecular weight is 343 g/mol. The second-order valence-corrected chi connectivity index (χ2v) is 5.75. The van der Waals surface area contributed by atoms with Crippen LogP contribution in [-0.2, 0) is 9.59 Å². The number of nitrogens with zero attached hydrogens (tertiary/aromatic N) is 1. The molecule has 0 aliphatic heterocycles. The molecule has 122 valence electrons. The van der Waals surface area contributed by atoms with Gasteiger partial charge in [0, 0.05) is 5.69 Å². The maximum atomic E-state index is 13.4. The van der Waals surface area contributed by atoms with E-state index < -0.39 is 5.82 Å². The van der Waals surface area contributed by atoms with Crippen LogP contribution in [0.4, 0.5) is 15.8 Å². The summed E-state index contributed by atoms with van der Waals surface area (Å²) < 4.78 is 13.4. The molecule has 0 unspecified atom stereocenters. The number of benzene rings is 2. The van der Waals surface area contributed by atoms with Gasteiger partial charge < -0.3 is 10.6 Å². The lowest BCUT2D eigenvalue weighted by atomic mass is 10.2. The standard InChI is InChI=1S/C17H14FN3O2S/c18-14-6-1-2-7-15(14)21-17(23)11-24-10-16(22)20-13-5-3-4-12(8-13)9-19/h1-8H,10-11H2,(H,20,22)(H,21,23). The van der Waals surface area contributed by atoms with E-state index in [0.29, 0.717) is 11.3 Å². The fraction of sp³-hybridized carbons (Fsp3) is 0.118. The molecule has 7 heteroatoms. The monoisotopic (exact) mass is 343 g/mol. The molecule has 2 N–H and O–H groups in total. The van der Waals surface area contributed by atoms with Crippen molar-refractivity contribution in [2.45, 2.75) is 0 Å². The predicted octanol–water partition coefficient (Wildman–Crippen LogP) is 3.01. The third-order valence-electron chi connectivity index (χ3n) is 2.89. The van der Waals surface area contributed by atoms with Crippen molar-refractivity contribution in [1.82, 2.24) is 0 Å². The first-order valence-electron chi connectivity index (χ1n) is 7.00. The van der Waals surface area contributed by atoms with Gasteiger partial charge in [0.2, 0.25) is 11.8 Å². The quantitative estimate of drug-likeness (QED) is 0.845. The number of hydrogen-bond acceptors (Lipinski definition) is 4. The summed E-state index contributed by atoms with van der Waals surface area (Å²) >= 11 is 1.11. The molecule has 2 amide bonds. The van der Waals surface area contributed by atoms with Gasteiger partial charge >= 0.3 is 0 Å². The number of para-hydroxylation sites is 1. The number of nitrogens with one attached hydrogen (secondary N) is 2. The summed E-state index contributed by atoms with van der Waals surface area (Å²) in [5.74, 6) is -1.08. The molecule has 0 radical (unpaired) electrons. The number of hydrogen-bond donors (Lipinski definition) is 2. The molecule has 24 heavy (non-hydrogen) atoms. The Morgan fingerprint density at radius 2 is 1.75 bits per heavy atom. The average Bonchev–Trinajstić information content (AvgIpc) is 2.57. The van der Waals surface area contributed by atoms with E-state index in [-0.39, 0.29) is 29.0 Å².